The molecule has 0 fully saturated rings. The van der Waals surface area contributed by atoms with Crippen molar-refractivity contribution in [3.05, 3.63) is 46.0 Å². The second-order valence-corrected chi connectivity index (χ2v) is 5.59. The van der Waals surface area contributed by atoms with Crippen molar-refractivity contribution >= 4 is 39.0 Å². The summed E-state index contributed by atoms with van der Waals surface area (Å²) in [6.07, 6.45) is 1.77. The molecule has 0 saturated carbocycles. The Hall–Kier alpha value is -1.26. The molecule has 1 aromatic heterocycles. The van der Waals surface area contributed by atoms with Gasteiger partial charge in [-0.15, -0.1) is 0 Å². The number of halogens is 2. The Labute approximate surface area is 126 Å². The lowest BCUT2D eigenvalue weighted by molar-refractivity contribution is 0.242. The van der Waals surface area contributed by atoms with Crippen LogP contribution in [-0.2, 0) is 0 Å². The molecule has 0 amide bonds. The zero-order valence-corrected chi connectivity index (χ0v) is 13.0. The lowest BCUT2D eigenvalue weighted by Gasteiger charge is -2.11. The lowest BCUT2D eigenvalue weighted by atomic mass is 10.3. The van der Waals surface area contributed by atoms with E-state index in [-0.39, 0.29) is 6.10 Å². The first-order valence-corrected chi connectivity index (χ1v) is 7.06. The molecule has 0 aliphatic rings. The Morgan fingerprint density at radius 3 is 2.53 bits per heavy atom. The summed E-state index contributed by atoms with van der Waals surface area (Å²) in [5.74, 6) is 1.57. The zero-order chi connectivity index (χ0) is 13.8. The van der Waals surface area contributed by atoms with E-state index in [4.69, 9.17) is 16.3 Å². The van der Waals surface area contributed by atoms with Crippen LogP contribution in [-0.4, -0.2) is 11.1 Å². The summed E-state index contributed by atoms with van der Waals surface area (Å²) in [7, 11) is 0. The molecule has 0 aliphatic carbocycles. The zero-order valence-electron chi connectivity index (χ0n) is 10.7. The average molecular weight is 342 g/mol. The molecule has 2 rings (SSSR count). The maximum Gasteiger partial charge on any atom is 0.144 e. The van der Waals surface area contributed by atoms with E-state index in [0.29, 0.717) is 5.02 Å². The third-order valence-corrected chi connectivity index (χ3v) is 3.11. The van der Waals surface area contributed by atoms with E-state index in [9.17, 15) is 0 Å². The van der Waals surface area contributed by atoms with E-state index in [2.05, 4.69) is 26.2 Å². The van der Waals surface area contributed by atoms with Gasteiger partial charge in [-0.3, -0.25) is 0 Å². The quantitative estimate of drug-likeness (QED) is 0.847. The summed E-state index contributed by atoms with van der Waals surface area (Å²) in [6.45, 7) is 4.00. The van der Waals surface area contributed by atoms with Crippen LogP contribution in [0.5, 0.6) is 5.75 Å². The fourth-order valence-electron chi connectivity index (χ4n) is 1.53. The van der Waals surface area contributed by atoms with Gasteiger partial charge in [0, 0.05) is 11.9 Å². The van der Waals surface area contributed by atoms with Crippen LogP contribution in [0.15, 0.2) is 41.0 Å². The maximum atomic E-state index is 5.85. The van der Waals surface area contributed by atoms with E-state index in [1.54, 1.807) is 12.3 Å². The number of hydrogen-bond donors (Lipinski definition) is 1. The number of pyridine rings is 1. The predicted molar refractivity (Wildman–Crippen MR) is 82.4 cm³/mol. The largest absolute Gasteiger partial charge is 0.491 e. The molecular formula is C14H14BrClN2O. The van der Waals surface area contributed by atoms with Crippen molar-refractivity contribution in [2.75, 3.05) is 5.32 Å². The van der Waals surface area contributed by atoms with E-state index in [0.717, 1.165) is 21.7 Å². The van der Waals surface area contributed by atoms with E-state index >= 15 is 0 Å². The number of benzene rings is 1. The Kier molecular flexibility index (Phi) is 4.66. The summed E-state index contributed by atoms with van der Waals surface area (Å²) in [5, 5.41) is 3.80. The number of aromatic nitrogens is 1. The second-order valence-electron chi connectivity index (χ2n) is 4.30. The van der Waals surface area contributed by atoms with Crippen LogP contribution in [0.2, 0.25) is 5.02 Å². The standard InChI is InChI=1S/C14H14BrClN2O/c1-9(2)19-12-5-3-11(4-6-12)18-14-13(15)7-10(16)8-17-14/h3-9H,1-2H3,(H,17,18). The molecule has 1 N–H and O–H groups in total. The highest BCUT2D eigenvalue weighted by molar-refractivity contribution is 9.10. The van der Waals surface area contributed by atoms with Crippen LogP contribution in [0, 0.1) is 0 Å². The van der Waals surface area contributed by atoms with E-state index in [1.807, 2.05) is 38.1 Å². The Morgan fingerprint density at radius 2 is 1.95 bits per heavy atom. The molecule has 0 spiro atoms. The van der Waals surface area contributed by atoms with Gasteiger partial charge >= 0.3 is 0 Å². The molecule has 1 heterocycles. The molecule has 0 radical (unpaired) electrons. The minimum absolute atomic E-state index is 0.172. The Bertz CT molecular complexity index is 558. The van der Waals surface area contributed by atoms with Gasteiger partial charge in [0.25, 0.3) is 0 Å². The number of nitrogens with one attached hydrogen (secondary N) is 1. The first-order chi connectivity index (χ1) is 9.04. The number of nitrogens with zero attached hydrogens (tertiary/aromatic N) is 1. The van der Waals surface area contributed by atoms with Gasteiger partial charge in [-0.1, -0.05) is 11.6 Å². The van der Waals surface area contributed by atoms with E-state index < -0.39 is 0 Å². The average Bonchev–Trinajstić information content (AvgIpc) is 2.34. The smallest absolute Gasteiger partial charge is 0.144 e. The van der Waals surface area contributed by atoms with Crippen molar-refractivity contribution in [2.45, 2.75) is 20.0 Å². The van der Waals surface area contributed by atoms with Gasteiger partial charge in [0.05, 0.1) is 15.6 Å². The molecule has 0 saturated heterocycles. The van der Waals surface area contributed by atoms with Crippen molar-refractivity contribution in [3.63, 3.8) is 0 Å². The van der Waals surface area contributed by atoms with Crippen molar-refractivity contribution in [3.8, 4) is 5.75 Å². The molecule has 1 aromatic carbocycles. The summed E-state index contributed by atoms with van der Waals surface area (Å²) < 4.78 is 6.41. The molecule has 100 valence electrons. The predicted octanol–water partition coefficient (Wildman–Crippen LogP) is 5.03. The fourth-order valence-corrected chi connectivity index (χ4v) is 2.27. The van der Waals surface area contributed by atoms with Crippen LogP contribution in [0.25, 0.3) is 0 Å². The summed E-state index contributed by atoms with van der Waals surface area (Å²) in [6, 6.07) is 9.53. The first-order valence-electron chi connectivity index (χ1n) is 5.89. The summed E-state index contributed by atoms with van der Waals surface area (Å²) >= 11 is 9.27. The second kappa shape index (κ2) is 6.26. The topological polar surface area (TPSA) is 34.1 Å². The first kappa shape index (κ1) is 14.2. The highest BCUT2D eigenvalue weighted by atomic mass is 79.9. The minimum atomic E-state index is 0.172. The SMILES string of the molecule is CC(C)Oc1ccc(Nc2ncc(Cl)cc2Br)cc1. The molecule has 0 bridgehead atoms. The van der Waals surface area contributed by atoms with Crippen LogP contribution >= 0.6 is 27.5 Å². The summed E-state index contributed by atoms with van der Waals surface area (Å²) in [5.41, 5.74) is 0.937. The Balaban J connectivity index is 2.10. The number of ether oxygens (including phenoxy) is 1. The van der Waals surface area contributed by atoms with Crippen molar-refractivity contribution in [1.29, 1.82) is 0 Å². The molecule has 3 nitrogen and oxygen atoms in total. The van der Waals surface area contributed by atoms with Crippen molar-refractivity contribution in [2.24, 2.45) is 0 Å². The van der Waals surface area contributed by atoms with Gasteiger partial charge in [-0.05, 0) is 60.1 Å². The molecule has 5 heteroatoms. The molecule has 19 heavy (non-hydrogen) atoms. The molecule has 2 aromatic rings. The molecule has 0 unspecified atom stereocenters. The monoisotopic (exact) mass is 340 g/mol. The van der Waals surface area contributed by atoms with Gasteiger partial charge in [0.15, 0.2) is 0 Å². The van der Waals surface area contributed by atoms with Gasteiger partial charge in [-0.25, -0.2) is 4.98 Å². The highest BCUT2D eigenvalue weighted by Gasteiger charge is 2.03. The van der Waals surface area contributed by atoms with E-state index in [1.165, 1.54) is 0 Å². The normalized spacial score (nSPS) is 10.6. The lowest BCUT2D eigenvalue weighted by Crippen LogP contribution is -2.05. The maximum absolute atomic E-state index is 5.85. The number of rotatable bonds is 4. The van der Waals surface area contributed by atoms with Crippen LogP contribution in [0.3, 0.4) is 0 Å². The highest BCUT2D eigenvalue weighted by Crippen LogP contribution is 2.27. The minimum Gasteiger partial charge on any atom is -0.491 e. The van der Waals surface area contributed by atoms with Crippen molar-refractivity contribution < 1.29 is 4.74 Å². The van der Waals surface area contributed by atoms with Crippen LogP contribution in [0.4, 0.5) is 11.5 Å². The van der Waals surface area contributed by atoms with Gasteiger partial charge in [0.1, 0.15) is 11.6 Å². The third-order valence-electron chi connectivity index (χ3n) is 2.30. The van der Waals surface area contributed by atoms with Crippen LogP contribution in [0.1, 0.15) is 13.8 Å². The van der Waals surface area contributed by atoms with Crippen LogP contribution < -0.4 is 10.1 Å². The Morgan fingerprint density at radius 1 is 1.26 bits per heavy atom. The van der Waals surface area contributed by atoms with Gasteiger partial charge in [-0.2, -0.15) is 0 Å². The number of hydrogen-bond acceptors (Lipinski definition) is 3. The molecular weight excluding hydrogens is 328 g/mol. The number of anilines is 2. The molecule has 0 aliphatic heterocycles. The van der Waals surface area contributed by atoms with Gasteiger partial charge in [0.2, 0.25) is 0 Å². The van der Waals surface area contributed by atoms with Gasteiger partial charge < -0.3 is 10.1 Å². The summed E-state index contributed by atoms with van der Waals surface area (Å²) in [4.78, 5) is 4.22. The van der Waals surface area contributed by atoms with Crippen molar-refractivity contribution in [1.82, 2.24) is 4.98 Å². The third kappa shape index (κ3) is 4.11. The molecule has 0 atom stereocenters. The fraction of sp³-hybridized carbons (Fsp3) is 0.214.